The molecule has 0 radical (unpaired) electrons. The predicted octanol–water partition coefficient (Wildman–Crippen LogP) is 1.87. The topological polar surface area (TPSA) is 43.4 Å². The average molecular weight is 214 g/mol. The lowest BCUT2D eigenvalue weighted by Gasteiger charge is -2.06. The normalized spacial score (nSPS) is 11.9. The lowest BCUT2D eigenvalue weighted by Crippen LogP contribution is -2.21. The number of carbonyl (C=O) groups is 2. The van der Waals surface area contributed by atoms with Gasteiger partial charge in [-0.05, 0) is 24.3 Å². The van der Waals surface area contributed by atoms with Crippen molar-refractivity contribution >= 4 is 11.8 Å². The zero-order valence-corrected chi connectivity index (χ0v) is 7.87. The van der Waals surface area contributed by atoms with Crippen molar-refractivity contribution in [3.63, 3.8) is 0 Å². The van der Waals surface area contributed by atoms with Crippen molar-refractivity contribution in [2.75, 3.05) is 0 Å². The number of halogens is 2. The molecule has 0 saturated carbocycles. The van der Waals surface area contributed by atoms with Gasteiger partial charge in [-0.2, -0.15) is 4.39 Å². The molecule has 0 heterocycles. The molecule has 1 unspecified atom stereocenters. The average Bonchev–Trinajstić information content (AvgIpc) is 2.17. The first kappa shape index (κ1) is 11.3. The minimum Gasteiger partial charge on any atom is -0.423 e. The van der Waals surface area contributed by atoms with E-state index in [0.717, 1.165) is 31.2 Å². The molecule has 5 heteroatoms. The monoisotopic (exact) mass is 214 g/mol. The minimum absolute atomic E-state index is 0.0508. The van der Waals surface area contributed by atoms with Crippen LogP contribution in [0.1, 0.15) is 17.3 Å². The van der Waals surface area contributed by atoms with Crippen LogP contribution in [0.2, 0.25) is 0 Å². The van der Waals surface area contributed by atoms with E-state index < -0.39 is 23.9 Å². The van der Waals surface area contributed by atoms with E-state index in [9.17, 15) is 18.4 Å². The van der Waals surface area contributed by atoms with Crippen molar-refractivity contribution in [3.8, 4) is 0 Å². The first-order valence-electron chi connectivity index (χ1n) is 4.12. The van der Waals surface area contributed by atoms with Crippen LogP contribution in [0.4, 0.5) is 8.78 Å². The van der Waals surface area contributed by atoms with Crippen LogP contribution in [0.25, 0.3) is 0 Å². The number of ether oxygens (including phenoxy) is 1. The van der Waals surface area contributed by atoms with E-state index in [2.05, 4.69) is 4.74 Å². The molecule has 0 spiro atoms. The molecule has 0 amide bonds. The summed E-state index contributed by atoms with van der Waals surface area (Å²) in [5.74, 6) is -2.43. The first-order chi connectivity index (χ1) is 7.00. The molecule has 0 fully saturated rings. The molecular formula is C10H8F2O3. The highest BCUT2D eigenvalue weighted by Gasteiger charge is 2.21. The molecule has 0 aliphatic heterocycles. The summed E-state index contributed by atoms with van der Waals surface area (Å²) in [6.45, 7) is 0.991. The second kappa shape index (κ2) is 4.63. The lowest BCUT2D eigenvalue weighted by atomic mass is 10.1. The number of ketones is 1. The van der Waals surface area contributed by atoms with E-state index in [4.69, 9.17) is 0 Å². The zero-order chi connectivity index (χ0) is 11.4. The van der Waals surface area contributed by atoms with Crippen molar-refractivity contribution in [1.29, 1.82) is 0 Å². The highest BCUT2D eigenvalue weighted by atomic mass is 19.1. The summed E-state index contributed by atoms with van der Waals surface area (Å²) in [6, 6.07) is 4.28. The lowest BCUT2D eigenvalue weighted by molar-refractivity contribution is -0.150. The number of hydrogen-bond donors (Lipinski definition) is 0. The van der Waals surface area contributed by atoms with E-state index in [1.54, 1.807) is 0 Å². The molecule has 15 heavy (non-hydrogen) atoms. The third-order valence-corrected chi connectivity index (χ3v) is 1.60. The van der Waals surface area contributed by atoms with Crippen LogP contribution in [-0.2, 0) is 9.53 Å². The zero-order valence-electron chi connectivity index (χ0n) is 7.87. The number of carbonyl (C=O) groups excluding carboxylic acids is 2. The molecule has 0 saturated heterocycles. The van der Waals surface area contributed by atoms with Gasteiger partial charge in [0.2, 0.25) is 5.78 Å². The van der Waals surface area contributed by atoms with Crippen molar-refractivity contribution in [2.24, 2.45) is 0 Å². The van der Waals surface area contributed by atoms with Gasteiger partial charge >= 0.3 is 12.3 Å². The van der Waals surface area contributed by atoms with Crippen LogP contribution in [0.15, 0.2) is 24.3 Å². The van der Waals surface area contributed by atoms with Gasteiger partial charge in [0.1, 0.15) is 5.82 Å². The summed E-state index contributed by atoms with van der Waals surface area (Å²) in [5, 5.41) is 0. The van der Waals surface area contributed by atoms with Crippen LogP contribution in [0.3, 0.4) is 0 Å². The Hall–Kier alpha value is -1.78. The largest absolute Gasteiger partial charge is 0.423 e. The number of Topliss-reactive ketones (excluding diaryl/α,β-unsaturated/α-hetero) is 1. The van der Waals surface area contributed by atoms with Crippen molar-refractivity contribution in [2.45, 2.75) is 13.3 Å². The van der Waals surface area contributed by atoms with Gasteiger partial charge < -0.3 is 4.74 Å². The Labute approximate surface area is 84.7 Å². The fourth-order valence-electron chi connectivity index (χ4n) is 0.944. The van der Waals surface area contributed by atoms with Crippen molar-refractivity contribution in [3.05, 3.63) is 35.6 Å². The van der Waals surface area contributed by atoms with Gasteiger partial charge in [0.25, 0.3) is 0 Å². The molecule has 1 aromatic carbocycles. The van der Waals surface area contributed by atoms with Gasteiger partial charge in [-0.3, -0.25) is 9.59 Å². The van der Waals surface area contributed by atoms with E-state index in [1.807, 2.05) is 0 Å². The fraction of sp³-hybridized carbons (Fsp3) is 0.200. The molecule has 1 rings (SSSR count). The maximum atomic E-state index is 12.9. The van der Waals surface area contributed by atoms with Gasteiger partial charge in [0, 0.05) is 12.5 Å². The number of benzene rings is 1. The summed E-state index contributed by atoms with van der Waals surface area (Å²) in [5.41, 5.74) is -0.0508. The number of alkyl halides is 1. The van der Waals surface area contributed by atoms with Gasteiger partial charge in [-0.25, -0.2) is 4.39 Å². The number of esters is 1. The first-order valence-corrected chi connectivity index (χ1v) is 4.12. The molecule has 80 valence electrons. The highest BCUT2D eigenvalue weighted by Crippen LogP contribution is 2.09. The third-order valence-electron chi connectivity index (χ3n) is 1.60. The van der Waals surface area contributed by atoms with Crippen LogP contribution in [0, 0.1) is 5.82 Å². The summed E-state index contributed by atoms with van der Waals surface area (Å²) < 4.78 is 29.5. The molecule has 3 nitrogen and oxygen atoms in total. The van der Waals surface area contributed by atoms with E-state index in [0.29, 0.717) is 0 Å². The number of rotatable bonds is 3. The molecule has 0 bridgehead atoms. The van der Waals surface area contributed by atoms with Crippen molar-refractivity contribution < 1.29 is 23.1 Å². The Morgan fingerprint density at radius 3 is 2.27 bits per heavy atom. The van der Waals surface area contributed by atoms with Crippen molar-refractivity contribution in [1.82, 2.24) is 0 Å². The van der Waals surface area contributed by atoms with Crippen LogP contribution < -0.4 is 0 Å². The quantitative estimate of drug-likeness (QED) is 0.569. The van der Waals surface area contributed by atoms with Gasteiger partial charge in [-0.15, -0.1) is 0 Å². The van der Waals surface area contributed by atoms with Gasteiger partial charge in [-0.1, -0.05) is 0 Å². The Balaban J connectivity index is 2.76. The van der Waals surface area contributed by atoms with E-state index >= 15 is 0 Å². The minimum atomic E-state index is -2.34. The SMILES string of the molecule is CC(=O)OC(F)C(=O)c1ccc(F)cc1. The van der Waals surface area contributed by atoms with Gasteiger partial charge in [0.15, 0.2) is 0 Å². The Bertz CT molecular complexity index is 373. The molecule has 0 aromatic heterocycles. The second-order valence-corrected chi connectivity index (χ2v) is 2.80. The van der Waals surface area contributed by atoms with E-state index in [-0.39, 0.29) is 5.56 Å². The van der Waals surface area contributed by atoms with Gasteiger partial charge in [0.05, 0.1) is 0 Å². The fourth-order valence-corrected chi connectivity index (χ4v) is 0.944. The van der Waals surface area contributed by atoms with Crippen LogP contribution in [-0.4, -0.2) is 18.1 Å². The highest BCUT2D eigenvalue weighted by molar-refractivity contribution is 5.99. The molecule has 0 aliphatic carbocycles. The number of hydrogen-bond acceptors (Lipinski definition) is 3. The third kappa shape index (κ3) is 3.12. The predicted molar refractivity (Wildman–Crippen MR) is 47.4 cm³/mol. The van der Waals surface area contributed by atoms with Crippen LogP contribution >= 0.6 is 0 Å². The smallest absolute Gasteiger partial charge is 0.305 e. The standard InChI is InChI=1S/C10H8F2O3/c1-6(13)15-10(12)9(14)7-2-4-8(11)5-3-7/h2-5,10H,1H3. The Kier molecular flexibility index (Phi) is 3.49. The molecular weight excluding hydrogens is 206 g/mol. The summed E-state index contributed by atoms with van der Waals surface area (Å²) in [4.78, 5) is 21.6. The molecule has 1 aromatic rings. The van der Waals surface area contributed by atoms with E-state index in [1.165, 1.54) is 0 Å². The maximum absolute atomic E-state index is 12.9. The Morgan fingerprint density at radius 1 is 1.27 bits per heavy atom. The summed E-state index contributed by atoms with van der Waals surface area (Å²) in [7, 11) is 0. The maximum Gasteiger partial charge on any atom is 0.305 e. The summed E-state index contributed by atoms with van der Waals surface area (Å²) in [6.07, 6.45) is -2.34. The molecule has 0 N–H and O–H groups in total. The van der Waals surface area contributed by atoms with Crippen LogP contribution in [0.5, 0.6) is 0 Å². The second-order valence-electron chi connectivity index (χ2n) is 2.80. The Morgan fingerprint density at radius 2 is 1.80 bits per heavy atom. The summed E-state index contributed by atoms with van der Waals surface area (Å²) >= 11 is 0. The molecule has 0 aliphatic rings. The molecule has 1 atom stereocenters.